The van der Waals surface area contributed by atoms with Crippen molar-refractivity contribution in [3.05, 3.63) is 29.8 Å². The van der Waals surface area contributed by atoms with Crippen molar-refractivity contribution in [3.8, 4) is 5.75 Å². The Hall–Kier alpha value is -1.55. The minimum atomic E-state index is -0.925. The molecule has 1 N–H and O–H groups in total. The molecule has 2 rings (SSSR count). The van der Waals surface area contributed by atoms with Gasteiger partial charge in [0.25, 0.3) is 0 Å². The van der Waals surface area contributed by atoms with E-state index in [0.717, 1.165) is 12.8 Å². The quantitative estimate of drug-likeness (QED) is 0.789. The third-order valence-corrected chi connectivity index (χ3v) is 3.11. The molecule has 1 aliphatic rings. The smallest absolute Gasteiger partial charge is 0.335 e. The van der Waals surface area contributed by atoms with Crippen LogP contribution in [-0.4, -0.2) is 30.4 Å². The SMILES string of the molecule is O=C(O)c1ccc(OCCOC2CCCC2)cc1. The van der Waals surface area contributed by atoms with Crippen LogP contribution in [0.5, 0.6) is 5.75 Å². The molecule has 0 amide bonds. The van der Waals surface area contributed by atoms with Gasteiger partial charge in [0.05, 0.1) is 18.3 Å². The largest absolute Gasteiger partial charge is 0.491 e. The van der Waals surface area contributed by atoms with Crippen LogP contribution in [0.1, 0.15) is 36.0 Å². The van der Waals surface area contributed by atoms with E-state index in [0.29, 0.717) is 25.1 Å². The molecule has 4 heteroatoms. The van der Waals surface area contributed by atoms with Crippen molar-refractivity contribution in [2.45, 2.75) is 31.8 Å². The molecule has 1 fully saturated rings. The number of hydrogen-bond acceptors (Lipinski definition) is 3. The summed E-state index contributed by atoms with van der Waals surface area (Å²) in [7, 11) is 0. The predicted octanol–water partition coefficient (Wildman–Crippen LogP) is 2.72. The highest BCUT2D eigenvalue weighted by molar-refractivity contribution is 5.87. The van der Waals surface area contributed by atoms with Crippen LogP contribution in [0.15, 0.2) is 24.3 Å². The number of carbonyl (C=O) groups is 1. The van der Waals surface area contributed by atoms with E-state index in [1.807, 2.05) is 0 Å². The van der Waals surface area contributed by atoms with E-state index in [2.05, 4.69) is 0 Å². The lowest BCUT2D eigenvalue weighted by molar-refractivity contribution is 0.0382. The number of hydrogen-bond donors (Lipinski definition) is 1. The fourth-order valence-electron chi connectivity index (χ4n) is 2.12. The topological polar surface area (TPSA) is 55.8 Å². The maximum atomic E-state index is 10.7. The maximum absolute atomic E-state index is 10.7. The molecule has 0 bridgehead atoms. The second-order valence-corrected chi connectivity index (χ2v) is 4.46. The second-order valence-electron chi connectivity index (χ2n) is 4.46. The molecule has 1 saturated carbocycles. The molecular formula is C14H18O4. The van der Waals surface area contributed by atoms with Gasteiger partial charge in [-0.2, -0.15) is 0 Å². The predicted molar refractivity (Wildman–Crippen MR) is 67.1 cm³/mol. The van der Waals surface area contributed by atoms with Crippen molar-refractivity contribution in [3.63, 3.8) is 0 Å². The number of aromatic carboxylic acids is 1. The molecule has 0 aromatic heterocycles. The van der Waals surface area contributed by atoms with Crippen LogP contribution in [0.2, 0.25) is 0 Å². The monoisotopic (exact) mass is 250 g/mol. The Morgan fingerprint density at radius 3 is 2.44 bits per heavy atom. The third kappa shape index (κ3) is 3.74. The lowest BCUT2D eigenvalue weighted by atomic mass is 10.2. The van der Waals surface area contributed by atoms with Crippen LogP contribution in [-0.2, 0) is 4.74 Å². The van der Waals surface area contributed by atoms with Gasteiger partial charge in [-0.3, -0.25) is 0 Å². The normalized spacial score (nSPS) is 15.8. The Labute approximate surface area is 107 Å². The summed E-state index contributed by atoms with van der Waals surface area (Å²) in [5.41, 5.74) is 0.268. The van der Waals surface area contributed by atoms with Crippen molar-refractivity contribution < 1.29 is 19.4 Å². The van der Waals surface area contributed by atoms with Crippen LogP contribution < -0.4 is 4.74 Å². The highest BCUT2D eigenvalue weighted by atomic mass is 16.5. The maximum Gasteiger partial charge on any atom is 0.335 e. The Morgan fingerprint density at radius 1 is 1.17 bits per heavy atom. The Bertz CT molecular complexity index is 379. The summed E-state index contributed by atoms with van der Waals surface area (Å²) in [6.45, 7) is 1.09. The first kappa shape index (κ1) is 12.9. The third-order valence-electron chi connectivity index (χ3n) is 3.11. The molecule has 0 spiro atoms. The molecular weight excluding hydrogens is 232 g/mol. The summed E-state index contributed by atoms with van der Waals surface area (Å²) in [5, 5.41) is 8.75. The molecule has 4 nitrogen and oxygen atoms in total. The van der Waals surface area contributed by atoms with E-state index in [-0.39, 0.29) is 5.56 Å². The van der Waals surface area contributed by atoms with Crippen LogP contribution in [0.4, 0.5) is 0 Å². The molecule has 0 heterocycles. The minimum absolute atomic E-state index is 0.268. The van der Waals surface area contributed by atoms with Crippen LogP contribution >= 0.6 is 0 Å². The van der Waals surface area contributed by atoms with Gasteiger partial charge >= 0.3 is 5.97 Å². The van der Waals surface area contributed by atoms with Crippen LogP contribution in [0, 0.1) is 0 Å². The van der Waals surface area contributed by atoms with Crippen molar-refractivity contribution in [2.24, 2.45) is 0 Å². The molecule has 0 aliphatic heterocycles. The van der Waals surface area contributed by atoms with Gasteiger partial charge < -0.3 is 14.6 Å². The Kier molecular flexibility index (Phi) is 4.59. The van der Waals surface area contributed by atoms with Gasteiger partial charge in [0.15, 0.2) is 0 Å². The van der Waals surface area contributed by atoms with E-state index in [4.69, 9.17) is 14.6 Å². The minimum Gasteiger partial charge on any atom is -0.491 e. The number of carboxylic acid groups (broad SMARTS) is 1. The molecule has 1 aromatic carbocycles. The highest BCUT2D eigenvalue weighted by Gasteiger charge is 2.14. The summed E-state index contributed by atoms with van der Waals surface area (Å²) >= 11 is 0. The second kappa shape index (κ2) is 6.40. The molecule has 0 atom stereocenters. The summed E-state index contributed by atoms with van der Waals surface area (Å²) in [5.74, 6) is -0.249. The first-order valence-corrected chi connectivity index (χ1v) is 6.33. The van der Waals surface area contributed by atoms with Gasteiger partial charge in [0.2, 0.25) is 0 Å². The van der Waals surface area contributed by atoms with Gasteiger partial charge in [-0.25, -0.2) is 4.79 Å². The molecule has 0 saturated heterocycles. The number of carboxylic acids is 1. The van der Waals surface area contributed by atoms with E-state index in [1.54, 1.807) is 12.1 Å². The zero-order valence-electron chi connectivity index (χ0n) is 10.3. The lowest BCUT2D eigenvalue weighted by Gasteiger charge is -2.11. The lowest BCUT2D eigenvalue weighted by Crippen LogP contribution is -2.13. The van der Waals surface area contributed by atoms with Crippen molar-refractivity contribution in [1.82, 2.24) is 0 Å². The zero-order valence-corrected chi connectivity index (χ0v) is 10.3. The summed E-state index contributed by atoms with van der Waals surface area (Å²) in [4.78, 5) is 10.7. The van der Waals surface area contributed by atoms with E-state index < -0.39 is 5.97 Å². The van der Waals surface area contributed by atoms with Gasteiger partial charge in [-0.05, 0) is 37.1 Å². The Balaban J connectivity index is 1.68. The standard InChI is InChI=1S/C14H18O4/c15-14(16)11-5-7-13(8-6-11)18-10-9-17-12-3-1-2-4-12/h5-8,12H,1-4,9-10H2,(H,15,16). The van der Waals surface area contributed by atoms with E-state index >= 15 is 0 Å². The van der Waals surface area contributed by atoms with E-state index in [9.17, 15) is 4.79 Å². The van der Waals surface area contributed by atoms with Gasteiger partial charge in [-0.15, -0.1) is 0 Å². The molecule has 1 aromatic rings. The van der Waals surface area contributed by atoms with Crippen LogP contribution in [0.25, 0.3) is 0 Å². The van der Waals surface area contributed by atoms with Gasteiger partial charge in [-0.1, -0.05) is 12.8 Å². The molecule has 18 heavy (non-hydrogen) atoms. The van der Waals surface area contributed by atoms with Crippen molar-refractivity contribution >= 4 is 5.97 Å². The number of benzene rings is 1. The highest BCUT2D eigenvalue weighted by Crippen LogP contribution is 2.20. The fourth-order valence-corrected chi connectivity index (χ4v) is 2.12. The van der Waals surface area contributed by atoms with Crippen LogP contribution in [0.3, 0.4) is 0 Å². The fraction of sp³-hybridized carbons (Fsp3) is 0.500. The van der Waals surface area contributed by atoms with Crippen molar-refractivity contribution in [2.75, 3.05) is 13.2 Å². The summed E-state index contributed by atoms with van der Waals surface area (Å²) < 4.78 is 11.2. The molecule has 0 unspecified atom stereocenters. The first-order valence-electron chi connectivity index (χ1n) is 6.33. The summed E-state index contributed by atoms with van der Waals surface area (Å²) in [6, 6.07) is 6.41. The average molecular weight is 250 g/mol. The molecule has 98 valence electrons. The Morgan fingerprint density at radius 2 is 1.83 bits per heavy atom. The summed E-state index contributed by atoms with van der Waals surface area (Å²) in [6.07, 6.45) is 5.26. The zero-order chi connectivity index (χ0) is 12.8. The molecule has 1 aliphatic carbocycles. The average Bonchev–Trinajstić information content (AvgIpc) is 2.88. The number of ether oxygens (including phenoxy) is 2. The van der Waals surface area contributed by atoms with Gasteiger partial charge in [0.1, 0.15) is 12.4 Å². The first-order chi connectivity index (χ1) is 8.75. The number of rotatable bonds is 6. The van der Waals surface area contributed by atoms with Gasteiger partial charge in [0, 0.05) is 0 Å². The molecule has 0 radical (unpaired) electrons. The van der Waals surface area contributed by atoms with Crippen molar-refractivity contribution in [1.29, 1.82) is 0 Å². The van der Waals surface area contributed by atoms with E-state index in [1.165, 1.54) is 25.0 Å².